The molecular formula is C11H11ClF3N3S3. The lowest BCUT2D eigenvalue weighted by molar-refractivity contribution is -0.141. The smallest absolute Gasteiger partial charge is 0.261 e. The highest BCUT2D eigenvalue weighted by Crippen LogP contribution is 2.39. The van der Waals surface area contributed by atoms with Crippen LogP contribution in [0, 0.1) is 0 Å². The number of nitrogens with zero attached hydrogens (tertiary/aromatic N) is 3. The number of aromatic nitrogens is 3. The molecule has 0 aliphatic rings. The molecule has 2 aromatic rings. The van der Waals surface area contributed by atoms with Gasteiger partial charge >= 0.3 is 6.18 Å². The zero-order valence-electron chi connectivity index (χ0n) is 11.1. The van der Waals surface area contributed by atoms with E-state index in [0.717, 1.165) is 0 Å². The molecule has 0 bridgehead atoms. The molecule has 0 saturated carbocycles. The Morgan fingerprint density at radius 3 is 2.62 bits per heavy atom. The third-order valence-electron chi connectivity index (χ3n) is 2.43. The Kier molecular flexibility index (Phi) is 5.50. The fraction of sp³-hybridized carbons (Fsp3) is 0.455. The minimum absolute atomic E-state index is 0.162. The maximum Gasteiger partial charge on any atom is 0.435 e. The average molecular weight is 374 g/mol. The van der Waals surface area contributed by atoms with Crippen LogP contribution in [0.5, 0.6) is 0 Å². The summed E-state index contributed by atoms with van der Waals surface area (Å²) in [5.41, 5.74) is -0.621. The summed E-state index contributed by atoms with van der Waals surface area (Å²) in [5.74, 6) is 0.840. The third-order valence-corrected chi connectivity index (χ3v) is 5.80. The van der Waals surface area contributed by atoms with Gasteiger partial charge in [0, 0.05) is 18.4 Å². The molecule has 0 atom stereocenters. The number of hydrogen-bond acceptors (Lipinski definition) is 5. The Bertz CT molecular complexity index is 624. The largest absolute Gasteiger partial charge is 0.435 e. The molecule has 0 aromatic carbocycles. The minimum atomic E-state index is -4.46. The lowest BCUT2D eigenvalue weighted by Crippen LogP contribution is -2.09. The molecule has 0 aliphatic heterocycles. The van der Waals surface area contributed by atoms with Crippen molar-refractivity contribution < 1.29 is 13.2 Å². The molecule has 0 N–H and O–H groups in total. The second-order valence-corrected chi connectivity index (χ2v) is 8.04. The highest BCUT2D eigenvalue weighted by atomic mass is 35.5. The van der Waals surface area contributed by atoms with E-state index in [1.807, 2.05) is 6.92 Å². The third kappa shape index (κ3) is 4.08. The first-order valence-corrected chi connectivity index (χ1v) is 8.99. The van der Waals surface area contributed by atoms with Gasteiger partial charge in [-0.1, -0.05) is 41.6 Å². The molecule has 21 heavy (non-hydrogen) atoms. The number of aryl methyl sites for hydroxylation is 1. The Hall–Kier alpha value is -0.380. The summed E-state index contributed by atoms with van der Waals surface area (Å²) in [6.07, 6.45) is -2.97. The second-order valence-electron chi connectivity index (χ2n) is 3.91. The predicted molar refractivity (Wildman–Crippen MR) is 81.3 cm³/mol. The lowest BCUT2D eigenvalue weighted by atomic mass is 10.3. The quantitative estimate of drug-likeness (QED) is 0.693. The standard InChI is InChI=1S/C11H11ClF3N3S3/c1-3-19-9-6(5-20-10-16-4-7(12)21-10)8(11(13,14)15)17-18(9)2/h4H,3,5H2,1-2H3. The number of hydrogen-bond donors (Lipinski definition) is 0. The number of thiazole rings is 1. The van der Waals surface area contributed by atoms with E-state index in [2.05, 4.69) is 10.1 Å². The van der Waals surface area contributed by atoms with Gasteiger partial charge in [0.1, 0.15) is 4.34 Å². The highest BCUT2D eigenvalue weighted by molar-refractivity contribution is 8.00. The molecule has 116 valence electrons. The number of thioether (sulfide) groups is 2. The van der Waals surface area contributed by atoms with Crippen molar-refractivity contribution in [3.63, 3.8) is 0 Å². The number of rotatable bonds is 5. The summed E-state index contributed by atoms with van der Waals surface area (Å²) in [4.78, 5) is 4.04. The van der Waals surface area contributed by atoms with Gasteiger partial charge in [0.25, 0.3) is 0 Å². The van der Waals surface area contributed by atoms with E-state index in [4.69, 9.17) is 11.6 Å². The number of alkyl halides is 3. The van der Waals surface area contributed by atoms with Gasteiger partial charge in [0.2, 0.25) is 0 Å². The van der Waals surface area contributed by atoms with Crippen LogP contribution in [0.25, 0.3) is 0 Å². The van der Waals surface area contributed by atoms with Crippen molar-refractivity contribution in [2.75, 3.05) is 5.75 Å². The molecule has 2 rings (SSSR count). The van der Waals surface area contributed by atoms with Gasteiger partial charge in [-0.3, -0.25) is 4.68 Å². The van der Waals surface area contributed by atoms with Crippen LogP contribution in [0.2, 0.25) is 4.34 Å². The van der Waals surface area contributed by atoms with E-state index >= 15 is 0 Å². The minimum Gasteiger partial charge on any atom is -0.261 e. The maximum absolute atomic E-state index is 13.1. The monoisotopic (exact) mass is 373 g/mol. The second kappa shape index (κ2) is 6.80. The van der Waals surface area contributed by atoms with Gasteiger partial charge < -0.3 is 0 Å². The fourth-order valence-electron chi connectivity index (χ4n) is 1.67. The normalized spacial score (nSPS) is 12.1. The van der Waals surface area contributed by atoms with Crippen LogP contribution in [-0.2, 0) is 19.0 Å². The van der Waals surface area contributed by atoms with Gasteiger partial charge in [-0.2, -0.15) is 18.3 Å². The average Bonchev–Trinajstić information content (AvgIpc) is 2.92. The first-order chi connectivity index (χ1) is 9.82. The van der Waals surface area contributed by atoms with E-state index in [9.17, 15) is 13.2 Å². The van der Waals surface area contributed by atoms with Crippen LogP contribution in [-0.4, -0.2) is 20.5 Å². The van der Waals surface area contributed by atoms with Crippen LogP contribution >= 0.6 is 46.5 Å². The molecule has 0 radical (unpaired) electrons. The van der Waals surface area contributed by atoms with Crippen LogP contribution in [0.15, 0.2) is 15.6 Å². The zero-order valence-corrected chi connectivity index (χ0v) is 14.3. The SMILES string of the molecule is CCSc1c(CSc2ncc(Cl)s2)c(C(F)(F)F)nn1C. The maximum atomic E-state index is 13.1. The van der Waals surface area contributed by atoms with Crippen LogP contribution in [0.4, 0.5) is 13.2 Å². The highest BCUT2D eigenvalue weighted by Gasteiger charge is 2.38. The molecule has 2 heterocycles. The van der Waals surface area contributed by atoms with Gasteiger partial charge in [0.15, 0.2) is 10.0 Å². The number of halogens is 4. The molecule has 3 nitrogen and oxygen atoms in total. The Balaban J connectivity index is 2.30. The molecule has 10 heteroatoms. The van der Waals surface area contributed by atoms with Crippen LogP contribution in [0.1, 0.15) is 18.2 Å². The van der Waals surface area contributed by atoms with Gasteiger partial charge in [-0.25, -0.2) is 4.98 Å². The Labute approximate surface area is 137 Å². The lowest BCUT2D eigenvalue weighted by Gasteiger charge is -2.07. The summed E-state index contributed by atoms with van der Waals surface area (Å²) in [6, 6.07) is 0. The van der Waals surface area contributed by atoms with Crippen LogP contribution in [0.3, 0.4) is 0 Å². The van der Waals surface area contributed by atoms with Crippen LogP contribution < -0.4 is 0 Å². The summed E-state index contributed by atoms with van der Waals surface area (Å²) in [6.45, 7) is 1.89. The Morgan fingerprint density at radius 2 is 2.10 bits per heavy atom. The predicted octanol–water partition coefficient (Wildman–Crippen LogP) is 4.95. The van der Waals surface area contributed by atoms with E-state index < -0.39 is 11.9 Å². The molecule has 0 fully saturated rings. The molecule has 0 saturated heterocycles. The molecule has 0 amide bonds. The van der Waals surface area contributed by atoms with Crippen molar-refractivity contribution in [1.82, 2.24) is 14.8 Å². The van der Waals surface area contributed by atoms with E-state index in [-0.39, 0.29) is 11.3 Å². The summed E-state index contributed by atoms with van der Waals surface area (Å²) < 4.78 is 41.7. The van der Waals surface area contributed by atoms with Gasteiger partial charge in [-0.05, 0) is 5.75 Å². The Morgan fingerprint density at radius 1 is 1.38 bits per heavy atom. The van der Waals surface area contributed by atoms with E-state index in [1.165, 1.54) is 52.8 Å². The topological polar surface area (TPSA) is 30.7 Å². The van der Waals surface area contributed by atoms with Gasteiger partial charge in [0.05, 0.1) is 11.2 Å². The summed E-state index contributed by atoms with van der Waals surface area (Å²) in [5, 5.41) is 4.17. The summed E-state index contributed by atoms with van der Waals surface area (Å²) >= 11 is 9.61. The van der Waals surface area contributed by atoms with Crippen molar-refractivity contribution in [1.29, 1.82) is 0 Å². The zero-order chi connectivity index (χ0) is 15.6. The summed E-state index contributed by atoms with van der Waals surface area (Å²) in [7, 11) is 1.53. The van der Waals surface area contributed by atoms with Crippen molar-refractivity contribution >= 4 is 46.5 Å². The molecular weight excluding hydrogens is 363 g/mol. The molecule has 2 aromatic heterocycles. The molecule has 0 aliphatic carbocycles. The van der Waals surface area contributed by atoms with Crippen molar-refractivity contribution in [2.24, 2.45) is 7.05 Å². The first-order valence-electron chi connectivity index (χ1n) is 5.83. The molecule has 0 unspecified atom stereocenters. The molecule has 0 spiro atoms. The van der Waals surface area contributed by atoms with Crippen molar-refractivity contribution in [3.05, 3.63) is 21.8 Å². The van der Waals surface area contributed by atoms with Gasteiger partial charge in [-0.15, -0.1) is 11.8 Å². The van der Waals surface area contributed by atoms with Crippen molar-refractivity contribution in [3.8, 4) is 0 Å². The van der Waals surface area contributed by atoms with Crippen molar-refractivity contribution in [2.45, 2.75) is 28.2 Å². The fourth-order valence-corrected chi connectivity index (χ4v) is 4.74. The van der Waals surface area contributed by atoms with E-state index in [0.29, 0.717) is 19.5 Å². The first kappa shape index (κ1) is 17.0. The van der Waals surface area contributed by atoms with E-state index in [1.54, 1.807) is 0 Å².